The second kappa shape index (κ2) is 11.7. The Morgan fingerprint density at radius 1 is 0.886 bits per heavy atom. The standard InChI is InChI=1S/C28H29F2N3O2/c29-24-12-11-20(17-25(24)30)19-33-15-13-23(14-16-33)31-27(34)18-26(21-7-3-1-4-8-21)32-28(35)22-9-5-2-6-10-22/h1-12,17,23,26H,13-16,18-19H2,(H,31,34)(H,32,35). The molecule has 5 nitrogen and oxygen atoms in total. The van der Waals surface area contributed by atoms with Crippen LogP contribution in [0.3, 0.4) is 0 Å². The van der Waals surface area contributed by atoms with E-state index < -0.39 is 17.7 Å². The zero-order chi connectivity index (χ0) is 24.6. The molecule has 4 rings (SSSR count). The first kappa shape index (κ1) is 24.5. The van der Waals surface area contributed by atoms with Crippen LogP contribution in [0, 0.1) is 11.6 Å². The molecule has 1 aliphatic rings. The molecule has 0 aromatic heterocycles. The van der Waals surface area contributed by atoms with Crippen molar-refractivity contribution in [3.05, 3.63) is 107 Å². The smallest absolute Gasteiger partial charge is 0.251 e. The van der Waals surface area contributed by atoms with E-state index in [1.54, 1.807) is 30.3 Å². The van der Waals surface area contributed by atoms with Gasteiger partial charge in [-0.1, -0.05) is 54.6 Å². The lowest BCUT2D eigenvalue weighted by Crippen LogP contribution is -2.45. The zero-order valence-corrected chi connectivity index (χ0v) is 19.4. The largest absolute Gasteiger partial charge is 0.353 e. The first-order valence-electron chi connectivity index (χ1n) is 11.8. The maximum atomic E-state index is 13.5. The summed E-state index contributed by atoms with van der Waals surface area (Å²) in [5, 5.41) is 6.10. The number of nitrogens with one attached hydrogen (secondary N) is 2. The molecule has 1 aliphatic heterocycles. The Bertz CT molecular complexity index is 1130. The number of benzene rings is 3. The lowest BCUT2D eigenvalue weighted by atomic mass is 10.0. The fourth-order valence-corrected chi connectivity index (χ4v) is 4.37. The Balaban J connectivity index is 1.30. The molecule has 3 aromatic carbocycles. The Morgan fingerprint density at radius 3 is 2.20 bits per heavy atom. The summed E-state index contributed by atoms with van der Waals surface area (Å²) >= 11 is 0. The number of piperidine rings is 1. The van der Waals surface area contributed by atoms with Crippen LogP contribution in [0.4, 0.5) is 8.78 Å². The summed E-state index contributed by atoms with van der Waals surface area (Å²) in [6.07, 6.45) is 1.67. The number of likely N-dealkylation sites (tertiary alicyclic amines) is 1. The van der Waals surface area contributed by atoms with Crippen molar-refractivity contribution in [3.8, 4) is 0 Å². The third-order valence-corrected chi connectivity index (χ3v) is 6.28. The van der Waals surface area contributed by atoms with Crippen LogP contribution in [0.25, 0.3) is 0 Å². The predicted molar refractivity (Wildman–Crippen MR) is 131 cm³/mol. The summed E-state index contributed by atoms with van der Waals surface area (Å²) in [6, 6.07) is 22.0. The number of hydrogen-bond donors (Lipinski definition) is 2. The first-order chi connectivity index (χ1) is 17.0. The number of carbonyl (C=O) groups is 2. The second-order valence-electron chi connectivity index (χ2n) is 8.87. The van der Waals surface area contributed by atoms with E-state index in [9.17, 15) is 18.4 Å². The lowest BCUT2D eigenvalue weighted by Gasteiger charge is -2.32. The van der Waals surface area contributed by atoms with Gasteiger partial charge in [0.25, 0.3) is 5.91 Å². The fraction of sp³-hybridized carbons (Fsp3) is 0.286. The van der Waals surface area contributed by atoms with Gasteiger partial charge < -0.3 is 10.6 Å². The fourth-order valence-electron chi connectivity index (χ4n) is 4.37. The average Bonchev–Trinajstić information content (AvgIpc) is 2.88. The number of amides is 2. The Morgan fingerprint density at radius 2 is 1.54 bits per heavy atom. The van der Waals surface area contributed by atoms with Gasteiger partial charge in [0.2, 0.25) is 5.91 Å². The summed E-state index contributed by atoms with van der Waals surface area (Å²) in [6.45, 7) is 2.03. The number of hydrogen-bond acceptors (Lipinski definition) is 3. The van der Waals surface area contributed by atoms with Crippen molar-refractivity contribution in [2.75, 3.05) is 13.1 Å². The third kappa shape index (κ3) is 6.96. The highest BCUT2D eigenvalue weighted by molar-refractivity contribution is 5.94. The Kier molecular flexibility index (Phi) is 8.21. The minimum Gasteiger partial charge on any atom is -0.353 e. The number of rotatable bonds is 8. The van der Waals surface area contributed by atoms with Gasteiger partial charge in [0.05, 0.1) is 12.5 Å². The van der Waals surface area contributed by atoms with Gasteiger partial charge in [-0.25, -0.2) is 8.78 Å². The molecule has 0 spiro atoms. The molecule has 1 atom stereocenters. The molecule has 2 N–H and O–H groups in total. The van der Waals surface area contributed by atoms with E-state index in [2.05, 4.69) is 15.5 Å². The second-order valence-corrected chi connectivity index (χ2v) is 8.87. The maximum absolute atomic E-state index is 13.5. The van der Waals surface area contributed by atoms with Crippen LogP contribution >= 0.6 is 0 Å². The molecule has 0 aliphatic carbocycles. The van der Waals surface area contributed by atoms with Crippen molar-refractivity contribution in [2.45, 2.75) is 37.9 Å². The normalized spacial score (nSPS) is 15.4. The van der Waals surface area contributed by atoms with Gasteiger partial charge in [-0.3, -0.25) is 14.5 Å². The van der Waals surface area contributed by atoms with E-state index in [1.165, 1.54) is 6.07 Å². The molecular weight excluding hydrogens is 448 g/mol. The lowest BCUT2D eigenvalue weighted by molar-refractivity contribution is -0.122. The van der Waals surface area contributed by atoms with Crippen LogP contribution in [-0.2, 0) is 11.3 Å². The van der Waals surface area contributed by atoms with Crippen molar-refractivity contribution in [1.29, 1.82) is 0 Å². The Hall–Kier alpha value is -3.58. The molecule has 2 amide bonds. The summed E-state index contributed by atoms with van der Waals surface area (Å²) in [5.74, 6) is -2.02. The molecule has 0 saturated carbocycles. The average molecular weight is 478 g/mol. The summed E-state index contributed by atoms with van der Waals surface area (Å²) in [7, 11) is 0. The molecule has 182 valence electrons. The summed E-state index contributed by atoms with van der Waals surface area (Å²) in [4.78, 5) is 27.8. The summed E-state index contributed by atoms with van der Waals surface area (Å²) in [5.41, 5.74) is 2.14. The quantitative estimate of drug-likeness (QED) is 0.498. The molecule has 1 heterocycles. The molecule has 0 bridgehead atoms. The minimum absolute atomic E-state index is 0.0324. The van der Waals surface area contributed by atoms with Gasteiger partial charge in [-0.15, -0.1) is 0 Å². The van der Waals surface area contributed by atoms with Gasteiger partial charge in [-0.05, 0) is 48.2 Å². The van der Waals surface area contributed by atoms with E-state index in [-0.39, 0.29) is 24.3 Å². The van der Waals surface area contributed by atoms with Gasteiger partial charge in [-0.2, -0.15) is 0 Å². The highest BCUT2D eigenvalue weighted by Gasteiger charge is 2.24. The number of carbonyl (C=O) groups excluding carboxylic acids is 2. The van der Waals surface area contributed by atoms with Crippen molar-refractivity contribution in [3.63, 3.8) is 0 Å². The zero-order valence-electron chi connectivity index (χ0n) is 19.4. The van der Waals surface area contributed by atoms with Crippen LogP contribution in [0.5, 0.6) is 0 Å². The van der Waals surface area contributed by atoms with Gasteiger partial charge in [0.1, 0.15) is 0 Å². The van der Waals surface area contributed by atoms with E-state index >= 15 is 0 Å². The van der Waals surface area contributed by atoms with Gasteiger partial charge in [0, 0.05) is 31.2 Å². The van der Waals surface area contributed by atoms with Gasteiger partial charge in [0.15, 0.2) is 11.6 Å². The molecule has 7 heteroatoms. The van der Waals surface area contributed by atoms with Gasteiger partial charge >= 0.3 is 0 Å². The Labute approximate surface area is 204 Å². The van der Waals surface area contributed by atoms with Crippen molar-refractivity contribution in [1.82, 2.24) is 15.5 Å². The van der Waals surface area contributed by atoms with E-state index in [1.807, 2.05) is 36.4 Å². The van der Waals surface area contributed by atoms with Crippen molar-refractivity contribution in [2.24, 2.45) is 0 Å². The van der Waals surface area contributed by atoms with Crippen molar-refractivity contribution < 1.29 is 18.4 Å². The molecule has 3 aromatic rings. The van der Waals surface area contributed by atoms with Crippen molar-refractivity contribution >= 4 is 11.8 Å². The van der Waals surface area contributed by atoms with Crippen LogP contribution in [0.15, 0.2) is 78.9 Å². The van der Waals surface area contributed by atoms with Crippen LogP contribution in [-0.4, -0.2) is 35.8 Å². The highest BCUT2D eigenvalue weighted by atomic mass is 19.2. The molecule has 1 saturated heterocycles. The van der Waals surface area contributed by atoms with Crippen LogP contribution in [0.1, 0.15) is 46.8 Å². The summed E-state index contributed by atoms with van der Waals surface area (Å²) < 4.78 is 26.6. The first-order valence-corrected chi connectivity index (χ1v) is 11.8. The highest BCUT2D eigenvalue weighted by Crippen LogP contribution is 2.20. The SMILES string of the molecule is O=C(CC(NC(=O)c1ccccc1)c1ccccc1)NC1CCN(Cc2ccc(F)c(F)c2)CC1. The molecule has 0 radical (unpaired) electrons. The molecule has 35 heavy (non-hydrogen) atoms. The predicted octanol–water partition coefficient (Wildman–Crippen LogP) is 4.61. The molecular formula is C28H29F2N3O2. The number of halogens is 2. The maximum Gasteiger partial charge on any atom is 0.251 e. The van der Waals surface area contributed by atoms with E-state index in [0.29, 0.717) is 12.1 Å². The molecule has 1 fully saturated rings. The van der Waals surface area contributed by atoms with E-state index in [4.69, 9.17) is 0 Å². The third-order valence-electron chi connectivity index (χ3n) is 6.28. The van der Waals surface area contributed by atoms with Crippen LogP contribution < -0.4 is 10.6 Å². The van der Waals surface area contributed by atoms with Crippen LogP contribution in [0.2, 0.25) is 0 Å². The molecule has 1 unspecified atom stereocenters. The topological polar surface area (TPSA) is 61.4 Å². The van der Waals surface area contributed by atoms with E-state index in [0.717, 1.165) is 43.1 Å². The minimum atomic E-state index is -0.844. The monoisotopic (exact) mass is 477 g/mol. The number of nitrogens with zero attached hydrogens (tertiary/aromatic N) is 1.